The number of carbonyl (C=O) groups is 1. The molecule has 0 aromatic heterocycles. The summed E-state index contributed by atoms with van der Waals surface area (Å²) in [6, 6.07) is 9.95. The fourth-order valence-electron chi connectivity index (χ4n) is 1.38. The summed E-state index contributed by atoms with van der Waals surface area (Å²) in [5.74, 6) is 1.26. The minimum absolute atomic E-state index is 0.257. The van der Waals surface area contributed by atoms with Gasteiger partial charge >= 0.3 is 0 Å². The molecule has 0 atom stereocenters. The van der Waals surface area contributed by atoms with Crippen molar-refractivity contribution in [3.63, 3.8) is 0 Å². The van der Waals surface area contributed by atoms with Crippen LogP contribution in [0.15, 0.2) is 30.3 Å². The third-order valence-electron chi connectivity index (χ3n) is 2.16. The number of thioether (sulfide) groups is 1. The van der Waals surface area contributed by atoms with Crippen LogP contribution < -0.4 is 0 Å². The van der Waals surface area contributed by atoms with Crippen molar-refractivity contribution in [2.45, 2.75) is 38.4 Å². The number of carbonyl (C=O) groups excluding carboxylic acids is 1. The maximum Gasteiger partial charge on any atom is 0.138 e. The van der Waals surface area contributed by atoms with Crippen LogP contribution in [0.3, 0.4) is 0 Å². The summed E-state index contributed by atoms with van der Waals surface area (Å²) in [5, 5.41) is 0. The van der Waals surface area contributed by atoms with E-state index in [-0.39, 0.29) is 4.75 Å². The molecule has 0 saturated carbocycles. The third-order valence-corrected chi connectivity index (χ3v) is 3.43. The van der Waals surface area contributed by atoms with Gasteiger partial charge in [-0.25, -0.2) is 0 Å². The predicted molar refractivity (Wildman–Crippen MR) is 72.0 cm³/mol. The second-order valence-corrected chi connectivity index (χ2v) is 6.83. The number of Topliss-reactive ketones (excluding diaryl/α,β-unsaturated/α-hetero) is 1. The first-order valence-electron chi connectivity index (χ1n) is 5.67. The second-order valence-electron chi connectivity index (χ2n) is 4.91. The molecule has 0 fully saturated rings. The topological polar surface area (TPSA) is 17.1 Å². The van der Waals surface area contributed by atoms with Gasteiger partial charge < -0.3 is 0 Å². The first-order chi connectivity index (χ1) is 7.47. The Morgan fingerprint density at radius 3 is 2.38 bits per heavy atom. The van der Waals surface area contributed by atoms with Crippen LogP contribution in [0.5, 0.6) is 0 Å². The van der Waals surface area contributed by atoms with Crippen molar-refractivity contribution in [3.05, 3.63) is 35.9 Å². The Morgan fingerprint density at radius 2 is 1.81 bits per heavy atom. The van der Waals surface area contributed by atoms with E-state index in [4.69, 9.17) is 0 Å². The van der Waals surface area contributed by atoms with E-state index in [1.807, 2.05) is 42.1 Å². The molecular formula is C14H20OS. The van der Waals surface area contributed by atoms with Crippen LogP contribution in [-0.2, 0) is 11.2 Å². The van der Waals surface area contributed by atoms with Crippen molar-refractivity contribution in [2.75, 3.05) is 5.75 Å². The fraction of sp³-hybridized carbons (Fsp3) is 0.500. The van der Waals surface area contributed by atoms with Crippen LogP contribution >= 0.6 is 11.8 Å². The fourth-order valence-corrected chi connectivity index (χ4v) is 2.33. The van der Waals surface area contributed by atoms with Gasteiger partial charge in [0.15, 0.2) is 0 Å². The van der Waals surface area contributed by atoms with Crippen LogP contribution in [0, 0.1) is 0 Å². The van der Waals surface area contributed by atoms with Crippen molar-refractivity contribution in [1.82, 2.24) is 0 Å². The Labute approximate surface area is 103 Å². The lowest BCUT2D eigenvalue weighted by Crippen LogP contribution is -2.11. The van der Waals surface area contributed by atoms with Crippen LogP contribution in [-0.4, -0.2) is 16.3 Å². The van der Waals surface area contributed by atoms with Crippen molar-refractivity contribution in [3.8, 4) is 0 Å². The Morgan fingerprint density at radius 1 is 1.19 bits per heavy atom. The molecule has 0 N–H and O–H groups in total. The summed E-state index contributed by atoms with van der Waals surface area (Å²) < 4.78 is 0.257. The SMILES string of the molecule is CC(C)(C)SCCC(=O)Cc1ccccc1. The van der Waals surface area contributed by atoms with Gasteiger partial charge in [-0.15, -0.1) is 0 Å². The number of hydrogen-bond donors (Lipinski definition) is 0. The van der Waals surface area contributed by atoms with Crippen molar-refractivity contribution >= 4 is 17.5 Å². The lowest BCUT2D eigenvalue weighted by Gasteiger charge is -2.16. The molecular weight excluding hydrogens is 216 g/mol. The van der Waals surface area contributed by atoms with E-state index in [0.29, 0.717) is 18.6 Å². The van der Waals surface area contributed by atoms with Crippen molar-refractivity contribution in [2.24, 2.45) is 0 Å². The lowest BCUT2D eigenvalue weighted by molar-refractivity contribution is -0.118. The van der Waals surface area contributed by atoms with E-state index in [9.17, 15) is 4.79 Å². The summed E-state index contributed by atoms with van der Waals surface area (Å²) in [4.78, 5) is 11.7. The van der Waals surface area contributed by atoms with Gasteiger partial charge in [0.05, 0.1) is 0 Å². The van der Waals surface area contributed by atoms with E-state index >= 15 is 0 Å². The van der Waals surface area contributed by atoms with E-state index in [1.54, 1.807) is 0 Å². The Balaban J connectivity index is 2.27. The molecule has 1 nitrogen and oxygen atoms in total. The highest BCUT2D eigenvalue weighted by Crippen LogP contribution is 2.23. The molecule has 0 aliphatic heterocycles. The van der Waals surface area contributed by atoms with Gasteiger partial charge in [-0.2, -0.15) is 11.8 Å². The highest BCUT2D eigenvalue weighted by atomic mass is 32.2. The maximum absolute atomic E-state index is 11.7. The van der Waals surface area contributed by atoms with Crippen LogP contribution in [0.1, 0.15) is 32.8 Å². The quantitative estimate of drug-likeness (QED) is 0.775. The number of benzene rings is 1. The predicted octanol–water partition coefficient (Wildman–Crippen LogP) is 3.72. The molecule has 88 valence electrons. The average Bonchev–Trinajstić information content (AvgIpc) is 2.17. The Kier molecular flexibility index (Phi) is 5.07. The largest absolute Gasteiger partial charge is 0.299 e. The molecule has 0 aliphatic rings. The Hall–Kier alpha value is -0.760. The molecule has 0 spiro atoms. The molecule has 1 aromatic carbocycles. The molecule has 0 saturated heterocycles. The summed E-state index contributed by atoms with van der Waals surface area (Å²) >= 11 is 1.85. The van der Waals surface area contributed by atoms with E-state index in [1.165, 1.54) is 0 Å². The van der Waals surface area contributed by atoms with Gasteiger partial charge in [0.1, 0.15) is 5.78 Å². The lowest BCUT2D eigenvalue weighted by atomic mass is 10.1. The summed E-state index contributed by atoms with van der Waals surface area (Å²) in [6.45, 7) is 6.54. The molecule has 0 aliphatic carbocycles. The van der Waals surface area contributed by atoms with Crippen molar-refractivity contribution < 1.29 is 4.79 Å². The van der Waals surface area contributed by atoms with Gasteiger partial charge in [0.2, 0.25) is 0 Å². The zero-order valence-corrected chi connectivity index (χ0v) is 11.1. The molecule has 0 unspecified atom stereocenters. The highest BCUT2D eigenvalue weighted by Gasteiger charge is 2.11. The van der Waals surface area contributed by atoms with Gasteiger partial charge in [0.25, 0.3) is 0 Å². The highest BCUT2D eigenvalue weighted by molar-refractivity contribution is 8.00. The molecule has 0 heterocycles. The molecule has 0 radical (unpaired) electrons. The minimum atomic E-state index is 0.257. The van der Waals surface area contributed by atoms with Crippen LogP contribution in [0.25, 0.3) is 0 Å². The molecule has 2 heteroatoms. The van der Waals surface area contributed by atoms with E-state index in [2.05, 4.69) is 20.8 Å². The zero-order chi connectivity index (χ0) is 12.0. The maximum atomic E-state index is 11.7. The first-order valence-corrected chi connectivity index (χ1v) is 6.65. The molecule has 1 aromatic rings. The monoisotopic (exact) mass is 236 g/mol. The van der Waals surface area contributed by atoms with Crippen LogP contribution in [0.2, 0.25) is 0 Å². The molecule has 0 amide bonds. The standard InChI is InChI=1S/C14H20OS/c1-14(2,3)16-10-9-13(15)11-12-7-5-4-6-8-12/h4-8H,9-11H2,1-3H3. The van der Waals surface area contributed by atoms with Gasteiger partial charge in [0, 0.05) is 23.3 Å². The number of rotatable bonds is 5. The van der Waals surface area contributed by atoms with Gasteiger partial charge in [-0.05, 0) is 5.56 Å². The number of ketones is 1. The van der Waals surface area contributed by atoms with Gasteiger partial charge in [-0.3, -0.25) is 4.79 Å². The third kappa shape index (κ3) is 5.96. The van der Waals surface area contributed by atoms with Crippen LogP contribution in [0.4, 0.5) is 0 Å². The summed E-state index contributed by atoms with van der Waals surface area (Å²) in [7, 11) is 0. The molecule has 16 heavy (non-hydrogen) atoms. The van der Waals surface area contributed by atoms with Gasteiger partial charge in [-0.1, -0.05) is 51.1 Å². The smallest absolute Gasteiger partial charge is 0.138 e. The Bertz CT molecular complexity index is 324. The second kappa shape index (κ2) is 6.09. The molecule has 0 bridgehead atoms. The average molecular weight is 236 g/mol. The normalized spacial score (nSPS) is 11.4. The van der Waals surface area contributed by atoms with E-state index in [0.717, 1.165) is 11.3 Å². The van der Waals surface area contributed by atoms with Crippen molar-refractivity contribution in [1.29, 1.82) is 0 Å². The summed E-state index contributed by atoms with van der Waals surface area (Å²) in [6.07, 6.45) is 1.25. The summed E-state index contributed by atoms with van der Waals surface area (Å²) in [5.41, 5.74) is 1.12. The zero-order valence-electron chi connectivity index (χ0n) is 10.3. The minimum Gasteiger partial charge on any atom is -0.299 e. The van der Waals surface area contributed by atoms with E-state index < -0.39 is 0 Å². The molecule has 1 rings (SSSR count). The number of hydrogen-bond acceptors (Lipinski definition) is 2. The first kappa shape index (κ1) is 13.3.